The Morgan fingerprint density at radius 2 is 2.21 bits per heavy atom. The van der Waals surface area contributed by atoms with Crippen molar-refractivity contribution >= 4 is 39.6 Å². The second-order valence-electron chi connectivity index (χ2n) is 6.56. The standard InChI is InChI=1S/C19H14ClF2N5O2/c1-27-14-3-2-10(26-13-4-5-24-17(20)12(13)7-23)6-11(14)15-16(18(27)28)29-9-19(21,22)8-25-15/h2-6,25H,8-9H2,1H3,(H,24,26). The van der Waals surface area contributed by atoms with Gasteiger partial charge in [-0.1, -0.05) is 11.6 Å². The van der Waals surface area contributed by atoms with Gasteiger partial charge in [0.05, 0.1) is 23.4 Å². The van der Waals surface area contributed by atoms with E-state index in [1.54, 1.807) is 31.3 Å². The Balaban J connectivity index is 1.86. The van der Waals surface area contributed by atoms with Crippen LogP contribution in [0.5, 0.6) is 5.75 Å². The molecule has 0 saturated carbocycles. The first-order valence-corrected chi connectivity index (χ1v) is 8.91. The summed E-state index contributed by atoms with van der Waals surface area (Å²) in [5.74, 6) is -3.26. The van der Waals surface area contributed by atoms with E-state index in [1.807, 2.05) is 6.07 Å². The molecular weight excluding hydrogens is 404 g/mol. The molecule has 1 aliphatic heterocycles. The van der Waals surface area contributed by atoms with Gasteiger partial charge < -0.3 is 19.9 Å². The number of fused-ring (bicyclic) bond motifs is 3. The SMILES string of the molecule is Cn1c(=O)c2c(c3cc(Nc4ccnc(Cl)c4C#N)ccc31)NCC(F)(F)CO2. The maximum absolute atomic E-state index is 13.8. The van der Waals surface area contributed by atoms with Gasteiger partial charge in [-0.15, -0.1) is 0 Å². The summed E-state index contributed by atoms with van der Waals surface area (Å²) in [6.45, 7) is -1.54. The molecule has 1 aromatic carbocycles. The molecule has 4 rings (SSSR count). The van der Waals surface area contributed by atoms with E-state index in [2.05, 4.69) is 15.6 Å². The van der Waals surface area contributed by atoms with Crippen LogP contribution in [0.25, 0.3) is 10.9 Å². The normalized spacial score (nSPS) is 14.9. The summed E-state index contributed by atoms with van der Waals surface area (Å²) in [7, 11) is 1.54. The molecule has 0 bridgehead atoms. The number of benzene rings is 1. The lowest BCUT2D eigenvalue weighted by molar-refractivity contribution is -0.0251. The highest BCUT2D eigenvalue weighted by atomic mass is 35.5. The molecule has 2 aromatic heterocycles. The Kier molecular flexibility index (Phi) is 4.51. The summed E-state index contributed by atoms with van der Waals surface area (Å²) in [5.41, 5.74) is 1.42. The van der Waals surface area contributed by atoms with E-state index in [4.69, 9.17) is 16.3 Å². The largest absolute Gasteiger partial charge is 0.480 e. The van der Waals surface area contributed by atoms with Gasteiger partial charge in [-0.3, -0.25) is 4.79 Å². The lowest BCUT2D eigenvalue weighted by atomic mass is 10.1. The monoisotopic (exact) mass is 417 g/mol. The molecule has 1 aliphatic rings. The first kappa shape index (κ1) is 19.0. The van der Waals surface area contributed by atoms with Gasteiger partial charge in [0.1, 0.15) is 16.8 Å². The van der Waals surface area contributed by atoms with Gasteiger partial charge in [0.25, 0.3) is 11.5 Å². The highest BCUT2D eigenvalue weighted by Gasteiger charge is 2.35. The molecule has 0 atom stereocenters. The maximum Gasteiger partial charge on any atom is 0.298 e. The number of aryl methyl sites for hydroxylation is 1. The van der Waals surface area contributed by atoms with Crippen LogP contribution >= 0.6 is 11.6 Å². The molecule has 0 unspecified atom stereocenters. The van der Waals surface area contributed by atoms with E-state index in [0.717, 1.165) is 0 Å². The minimum absolute atomic E-state index is 0.0619. The number of hydrogen-bond acceptors (Lipinski definition) is 6. The molecular formula is C19H14ClF2N5O2. The number of rotatable bonds is 2. The summed E-state index contributed by atoms with van der Waals surface area (Å²) in [6.07, 6.45) is 1.46. The van der Waals surface area contributed by atoms with Crippen molar-refractivity contribution in [2.75, 3.05) is 23.8 Å². The molecule has 2 N–H and O–H groups in total. The molecule has 0 fully saturated rings. The van der Waals surface area contributed by atoms with Crippen LogP contribution < -0.4 is 20.9 Å². The summed E-state index contributed by atoms with van der Waals surface area (Å²) in [6, 6.07) is 8.65. The summed E-state index contributed by atoms with van der Waals surface area (Å²) < 4.78 is 34.1. The number of halogens is 3. The molecule has 3 aromatic rings. The van der Waals surface area contributed by atoms with Crippen molar-refractivity contribution < 1.29 is 13.5 Å². The van der Waals surface area contributed by atoms with E-state index in [9.17, 15) is 18.8 Å². The third-order valence-electron chi connectivity index (χ3n) is 4.60. The van der Waals surface area contributed by atoms with Crippen molar-refractivity contribution in [3.05, 3.63) is 51.5 Å². The third-order valence-corrected chi connectivity index (χ3v) is 4.89. The van der Waals surface area contributed by atoms with Gasteiger partial charge in [-0.2, -0.15) is 5.26 Å². The van der Waals surface area contributed by atoms with Gasteiger partial charge in [-0.25, -0.2) is 13.8 Å². The Morgan fingerprint density at radius 1 is 1.41 bits per heavy atom. The summed E-state index contributed by atoms with van der Waals surface area (Å²) >= 11 is 5.96. The molecule has 0 saturated heterocycles. The first-order chi connectivity index (χ1) is 13.8. The third kappa shape index (κ3) is 3.32. The molecule has 0 spiro atoms. The number of nitrogens with one attached hydrogen (secondary N) is 2. The predicted molar refractivity (Wildman–Crippen MR) is 105 cm³/mol. The zero-order chi connectivity index (χ0) is 20.8. The number of anilines is 3. The average Bonchev–Trinajstić information content (AvgIpc) is 2.85. The van der Waals surface area contributed by atoms with E-state index < -0.39 is 24.6 Å². The molecule has 3 heterocycles. The molecule has 0 amide bonds. The number of nitriles is 1. The van der Waals surface area contributed by atoms with E-state index >= 15 is 0 Å². The summed E-state index contributed by atoms with van der Waals surface area (Å²) in [5, 5.41) is 15.6. The minimum Gasteiger partial charge on any atom is -0.480 e. The van der Waals surface area contributed by atoms with E-state index in [0.29, 0.717) is 22.3 Å². The Morgan fingerprint density at radius 3 is 2.97 bits per heavy atom. The fourth-order valence-corrected chi connectivity index (χ4v) is 3.36. The van der Waals surface area contributed by atoms with E-state index in [1.165, 1.54) is 10.8 Å². The van der Waals surface area contributed by atoms with Gasteiger partial charge >= 0.3 is 0 Å². The zero-order valence-corrected chi connectivity index (χ0v) is 15.8. The van der Waals surface area contributed by atoms with Crippen LogP contribution in [0.3, 0.4) is 0 Å². The van der Waals surface area contributed by atoms with Gasteiger partial charge in [0.2, 0.25) is 5.75 Å². The smallest absolute Gasteiger partial charge is 0.298 e. The molecule has 148 valence electrons. The van der Waals surface area contributed by atoms with Gasteiger partial charge in [0, 0.05) is 24.3 Å². The highest BCUT2D eigenvalue weighted by Crippen LogP contribution is 2.36. The molecule has 29 heavy (non-hydrogen) atoms. The quantitative estimate of drug-likeness (QED) is 0.618. The zero-order valence-electron chi connectivity index (χ0n) is 15.1. The lowest BCUT2D eigenvalue weighted by Crippen LogP contribution is -2.31. The number of aromatic nitrogens is 2. The summed E-state index contributed by atoms with van der Waals surface area (Å²) in [4.78, 5) is 16.4. The molecule has 10 heteroatoms. The van der Waals surface area contributed by atoms with Crippen molar-refractivity contribution in [2.45, 2.75) is 5.92 Å². The van der Waals surface area contributed by atoms with Crippen LogP contribution in [0, 0.1) is 11.3 Å². The number of hydrogen-bond donors (Lipinski definition) is 2. The van der Waals surface area contributed by atoms with Crippen molar-refractivity contribution in [3.63, 3.8) is 0 Å². The van der Waals surface area contributed by atoms with Crippen LogP contribution in [0.4, 0.5) is 25.8 Å². The van der Waals surface area contributed by atoms with Gasteiger partial charge in [0.15, 0.2) is 6.61 Å². The number of ether oxygens (including phenoxy) is 1. The fraction of sp³-hybridized carbons (Fsp3) is 0.211. The van der Waals surface area contributed by atoms with Crippen molar-refractivity contribution in [3.8, 4) is 11.8 Å². The van der Waals surface area contributed by atoms with Crippen molar-refractivity contribution in [1.29, 1.82) is 5.26 Å². The van der Waals surface area contributed by atoms with Crippen LogP contribution in [-0.4, -0.2) is 28.6 Å². The fourth-order valence-electron chi connectivity index (χ4n) is 3.16. The number of pyridine rings is 2. The number of nitrogens with zero attached hydrogens (tertiary/aromatic N) is 3. The minimum atomic E-state index is -3.11. The van der Waals surface area contributed by atoms with Crippen LogP contribution in [-0.2, 0) is 7.05 Å². The van der Waals surface area contributed by atoms with Crippen molar-refractivity contribution in [1.82, 2.24) is 9.55 Å². The number of alkyl halides is 2. The predicted octanol–water partition coefficient (Wildman–Crippen LogP) is 3.64. The van der Waals surface area contributed by atoms with Gasteiger partial charge in [-0.05, 0) is 24.3 Å². The average molecular weight is 418 g/mol. The Labute approximate surface area is 168 Å². The molecule has 0 radical (unpaired) electrons. The maximum atomic E-state index is 13.8. The Bertz CT molecular complexity index is 1240. The van der Waals surface area contributed by atoms with Crippen LogP contribution in [0.15, 0.2) is 35.3 Å². The molecule has 7 nitrogen and oxygen atoms in total. The van der Waals surface area contributed by atoms with Crippen molar-refractivity contribution in [2.24, 2.45) is 7.05 Å². The molecule has 0 aliphatic carbocycles. The lowest BCUT2D eigenvalue weighted by Gasteiger charge is -2.16. The Hall–Kier alpha value is -3.38. The highest BCUT2D eigenvalue weighted by molar-refractivity contribution is 6.31. The van der Waals surface area contributed by atoms with E-state index in [-0.39, 0.29) is 22.2 Å². The van der Waals surface area contributed by atoms with Crippen LogP contribution in [0.1, 0.15) is 5.56 Å². The first-order valence-electron chi connectivity index (χ1n) is 8.53. The second-order valence-corrected chi connectivity index (χ2v) is 6.92. The topological polar surface area (TPSA) is 92.0 Å². The van der Waals surface area contributed by atoms with Crippen LogP contribution in [0.2, 0.25) is 5.15 Å². The second kappa shape index (κ2) is 6.90.